The molecule has 1 aromatic carbocycles. The molecule has 1 fully saturated rings. The molecule has 1 aromatic rings. The smallest absolute Gasteiger partial charge is 0.146 e. The minimum absolute atomic E-state index is 0.110. The summed E-state index contributed by atoms with van der Waals surface area (Å²) < 4.78 is 14.3. The zero-order chi connectivity index (χ0) is 15.2. The van der Waals surface area contributed by atoms with Crippen molar-refractivity contribution < 1.29 is 4.39 Å². The highest BCUT2D eigenvalue weighted by molar-refractivity contribution is 5.48. The van der Waals surface area contributed by atoms with E-state index >= 15 is 0 Å². The molecule has 1 saturated heterocycles. The van der Waals surface area contributed by atoms with Gasteiger partial charge in [0.2, 0.25) is 0 Å². The summed E-state index contributed by atoms with van der Waals surface area (Å²) >= 11 is 0. The van der Waals surface area contributed by atoms with Crippen LogP contribution in [-0.2, 0) is 6.54 Å². The normalized spacial score (nSPS) is 17.1. The summed E-state index contributed by atoms with van der Waals surface area (Å²) in [5.41, 5.74) is 1.72. The lowest BCUT2D eigenvalue weighted by atomic mass is 9.96. The number of piperidine rings is 1. The molecule has 0 unspecified atom stereocenters. The third kappa shape index (κ3) is 4.68. The molecular weight excluding hydrogens is 265 g/mol. The maximum absolute atomic E-state index is 14.3. The molecule has 0 atom stereocenters. The molecule has 0 aliphatic carbocycles. The first-order chi connectivity index (χ1) is 10.1. The topological polar surface area (TPSA) is 18.5 Å². The lowest BCUT2D eigenvalue weighted by Crippen LogP contribution is -2.36. The van der Waals surface area contributed by atoms with E-state index in [-0.39, 0.29) is 5.82 Å². The first kappa shape index (κ1) is 16.2. The van der Waals surface area contributed by atoms with Crippen LogP contribution in [0.2, 0.25) is 0 Å². The van der Waals surface area contributed by atoms with Gasteiger partial charge in [0.15, 0.2) is 0 Å². The Morgan fingerprint density at radius 3 is 2.67 bits per heavy atom. The maximum Gasteiger partial charge on any atom is 0.146 e. The molecule has 1 N–H and O–H groups in total. The molecule has 0 radical (unpaired) electrons. The van der Waals surface area contributed by atoms with E-state index in [0.717, 1.165) is 38.3 Å². The van der Waals surface area contributed by atoms with E-state index in [1.165, 1.54) is 12.8 Å². The van der Waals surface area contributed by atoms with Crippen LogP contribution in [0, 0.1) is 11.7 Å². The quantitative estimate of drug-likeness (QED) is 0.870. The number of nitrogens with one attached hydrogen (secondary N) is 1. The van der Waals surface area contributed by atoms with Crippen molar-refractivity contribution in [1.82, 2.24) is 10.2 Å². The van der Waals surface area contributed by atoms with Gasteiger partial charge in [-0.3, -0.25) is 0 Å². The summed E-state index contributed by atoms with van der Waals surface area (Å²) in [5, 5.41) is 3.23. The molecule has 1 heterocycles. The van der Waals surface area contributed by atoms with Crippen LogP contribution in [0.4, 0.5) is 10.1 Å². The van der Waals surface area contributed by atoms with Gasteiger partial charge in [-0.15, -0.1) is 0 Å². The minimum atomic E-state index is -0.110. The second-order valence-corrected chi connectivity index (χ2v) is 6.19. The highest BCUT2D eigenvalue weighted by Crippen LogP contribution is 2.23. The predicted molar refractivity (Wildman–Crippen MR) is 87.3 cm³/mol. The summed E-state index contributed by atoms with van der Waals surface area (Å²) in [6.07, 6.45) is 2.42. The highest BCUT2D eigenvalue weighted by atomic mass is 19.1. The van der Waals surface area contributed by atoms with Crippen LogP contribution in [-0.4, -0.2) is 45.2 Å². The number of halogens is 1. The van der Waals surface area contributed by atoms with Crippen molar-refractivity contribution in [2.24, 2.45) is 5.92 Å². The lowest BCUT2D eigenvalue weighted by Gasteiger charge is -2.32. The van der Waals surface area contributed by atoms with E-state index in [1.807, 2.05) is 19.2 Å². The van der Waals surface area contributed by atoms with Crippen LogP contribution in [0.1, 0.15) is 25.3 Å². The average molecular weight is 293 g/mol. The van der Waals surface area contributed by atoms with Crippen molar-refractivity contribution in [3.63, 3.8) is 0 Å². The van der Waals surface area contributed by atoms with Crippen molar-refractivity contribution >= 4 is 5.69 Å². The number of hydrogen-bond donors (Lipinski definition) is 1. The molecule has 0 bridgehead atoms. The number of likely N-dealkylation sites (tertiary alicyclic amines) is 1. The second kappa shape index (κ2) is 7.76. The van der Waals surface area contributed by atoms with Gasteiger partial charge in [-0.25, -0.2) is 4.39 Å². The van der Waals surface area contributed by atoms with E-state index in [1.54, 1.807) is 6.07 Å². The van der Waals surface area contributed by atoms with Gasteiger partial charge in [-0.1, -0.05) is 13.0 Å². The number of nitrogens with zero attached hydrogens (tertiary/aromatic N) is 2. The van der Waals surface area contributed by atoms with Crippen molar-refractivity contribution in [1.29, 1.82) is 0 Å². The zero-order valence-corrected chi connectivity index (χ0v) is 13.5. The summed E-state index contributed by atoms with van der Waals surface area (Å²) in [4.78, 5) is 4.44. The van der Waals surface area contributed by atoms with E-state index in [9.17, 15) is 4.39 Å². The Balaban J connectivity index is 1.94. The van der Waals surface area contributed by atoms with Gasteiger partial charge in [0.05, 0.1) is 5.69 Å². The molecule has 0 saturated carbocycles. The molecule has 1 aliphatic heterocycles. The van der Waals surface area contributed by atoms with Gasteiger partial charge in [-0.2, -0.15) is 0 Å². The Labute approximate surface area is 128 Å². The predicted octanol–water partition coefficient (Wildman–Crippen LogP) is 2.71. The van der Waals surface area contributed by atoms with Gasteiger partial charge in [0.1, 0.15) is 5.82 Å². The number of anilines is 1. The molecule has 1 aliphatic rings. The van der Waals surface area contributed by atoms with Gasteiger partial charge in [0.25, 0.3) is 0 Å². The summed E-state index contributed by atoms with van der Waals surface area (Å²) in [6, 6.07) is 5.59. The highest BCUT2D eigenvalue weighted by Gasteiger charge is 2.19. The molecular formula is C17H28FN3. The van der Waals surface area contributed by atoms with Crippen LogP contribution in [0.3, 0.4) is 0 Å². The molecule has 0 aromatic heterocycles. The Hall–Kier alpha value is -1.13. The maximum atomic E-state index is 14.3. The Kier molecular flexibility index (Phi) is 6.00. The third-order valence-electron chi connectivity index (χ3n) is 4.37. The van der Waals surface area contributed by atoms with Crippen molar-refractivity contribution in [2.45, 2.75) is 26.3 Å². The van der Waals surface area contributed by atoms with Crippen molar-refractivity contribution in [3.8, 4) is 0 Å². The average Bonchev–Trinajstić information content (AvgIpc) is 2.47. The fourth-order valence-electron chi connectivity index (χ4n) is 2.97. The van der Waals surface area contributed by atoms with Gasteiger partial charge in [0, 0.05) is 20.1 Å². The number of rotatable bonds is 6. The van der Waals surface area contributed by atoms with E-state index < -0.39 is 0 Å². The van der Waals surface area contributed by atoms with E-state index in [4.69, 9.17) is 0 Å². The van der Waals surface area contributed by atoms with Crippen LogP contribution in [0.5, 0.6) is 0 Å². The zero-order valence-electron chi connectivity index (χ0n) is 13.5. The molecule has 118 valence electrons. The molecule has 2 rings (SSSR count). The van der Waals surface area contributed by atoms with Gasteiger partial charge < -0.3 is 15.1 Å². The molecule has 21 heavy (non-hydrogen) atoms. The Morgan fingerprint density at radius 2 is 2.05 bits per heavy atom. The fraction of sp³-hybridized carbons (Fsp3) is 0.647. The monoisotopic (exact) mass is 293 g/mol. The Bertz CT molecular complexity index is 442. The Morgan fingerprint density at radius 1 is 1.33 bits per heavy atom. The number of hydrogen-bond acceptors (Lipinski definition) is 3. The summed E-state index contributed by atoms with van der Waals surface area (Å²) in [7, 11) is 4.17. The minimum Gasteiger partial charge on any atom is -0.372 e. The van der Waals surface area contributed by atoms with Gasteiger partial charge >= 0.3 is 0 Å². The lowest BCUT2D eigenvalue weighted by molar-refractivity contribution is 0.222. The summed E-state index contributed by atoms with van der Waals surface area (Å²) in [5.74, 6) is 0.563. The molecule has 3 nitrogen and oxygen atoms in total. The van der Waals surface area contributed by atoms with Crippen LogP contribution in [0.25, 0.3) is 0 Å². The van der Waals surface area contributed by atoms with Crippen molar-refractivity contribution in [3.05, 3.63) is 29.6 Å². The number of benzene rings is 1. The van der Waals surface area contributed by atoms with Crippen LogP contribution >= 0.6 is 0 Å². The fourth-order valence-corrected chi connectivity index (χ4v) is 2.97. The standard InChI is InChI=1S/C17H28FN3/c1-4-19-12-15-5-6-17(16(18)11-15)21(3)13-14-7-9-20(2)10-8-14/h5-6,11,14,19H,4,7-10,12-13H2,1-3H3. The first-order valence-corrected chi connectivity index (χ1v) is 7.99. The van der Waals surface area contributed by atoms with Crippen molar-refractivity contribution in [2.75, 3.05) is 45.2 Å². The first-order valence-electron chi connectivity index (χ1n) is 7.99. The second-order valence-electron chi connectivity index (χ2n) is 6.19. The van der Waals surface area contributed by atoms with Crippen LogP contribution in [0.15, 0.2) is 18.2 Å². The summed E-state index contributed by atoms with van der Waals surface area (Å²) in [6.45, 7) is 6.94. The third-order valence-corrected chi connectivity index (χ3v) is 4.37. The van der Waals surface area contributed by atoms with E-state index in [0.29, 0.717) is 11.6 Å². The van der Waals surface area contributed by atoms with Gasteiger partial charge in [-0.05, 0) is 63.1 Å². The molecule has 4 heteroatoms. The molecule has 0 amide bonds. The SMILES string of the molecule is CCNCc1ccc(N(C)CC2CCN(C)CC2)c(F)c1. The molecule has 0 spiro atoms. The largest absolute Gasteiger partial charge is 0.372 e. The van der Waals surface area contributed by atoms with E-state index in [2.05, 4.69) is 29.1 Å². The van der Waals surface area contributed by atoms with Crippen LogP contribution < -0.4 is 10.2 Å².